The van der Waals surface area contributed by atoms with Crippen LogP contribution in [0.2, 0.25) is 0 Å². The first-order chi connectivity index (χ1) is 9.81. The SMILES string of the molecule is CC(C)C(C(=O)O)N1C(=O)C(=Cc2ccn(C)c2)SC1=S. The number of rotatable bonds is 4. The Bertz CT molecular complexity index is 634. The molecule has 2 rings (SSSR count). The quantitative estimate of drug-likeness (QED) is 0.680. The third kappa shape index (κ3) is 3.19. The molecule has 1 aromatic rings. The first kappa shape index (κ1) is 15.8. The molecule has 1 fully saturated rings. The number of aromatic nitrogens is 1. The summed E-state index contributed by atoms with van der Waals surface area (Å²) in [6.45, 7) is 3.52. The average molecular weight is 324 g/mol. The molecule has 5 nitrogen and oxygen atoms in total. The zero-order valence-electron chi connectivity index (χ0n) is 11.9. The highest BCUT2D eigenvalue weighted by molar-refractivity contribution is 8.26. The van der Waals surface area contributed by atoms with E-state index in [4.69, 9.17) is 12.2 Å². The molecule has 0 aliphatic carbocycles. The topological polar surface area (TPSA) is 62.5 Å². The number of aryl methyl sites for hydroxylation is 1. The van der Waals surface area contributed by atoms with E-state index in [2.05, 4.69) is 0 Å². The number of carbonyl (C=O) groups is 2. The van der Waals surface area contributed by atoms with Gasteiger partial charge in [0.05, 0.1) is 4.91 Å². The molecule has 1 unspecified atom stereocenters. The van der Waals surface area contributed by atoms with Crippen LogP contribution in [-0.2, 0) is 16.6 Å². The van der Waals surface area contributed by atoms with E-state index < -0.39 is 12.0 Å². The number of nitrogens with zero attached hydrogens (tertiary/aromatic N) is 2. The molecule has 0 radical (unpaired) electrons. The van der Waals surface area contributed by atoms with Crippen LogP contribution in [0.1, 0.15) is 19.4 Å². The molecule has 1 amide bonds. The summed E-state index contributed by atoms with van der Waals surface area (Å²) in [5, 5.41) is 9.33. The summed E-state index contributed by atoms with van der Waals surface area (Å²) < 4.78 is 2.17. The van der Waals surface area contributed by atoms with Crippen LogP contribution in [0, 0.1) is 5.92 Å². The van der Waals surface area contributed by atoms with Crippen LogP contribution in [0.15, 0.2) is 23.4 Å². The maximum atomic E-state index is 12.5. The Morgan fingerprint density at radius 1 is 1.48 bits per heavy atom. The molecule has 1 aliphatic heterocycles. The first-order valence-corrected chi connectivity index (χ1v) is 7.65. The lowest BCUT2D eigenvalue weighted by Crippen LogP contribution is -2.47. The van der Waals surface area contributed by atoms with Gasteiger partial charge in [0.1, 0.15) is 10.4 Å². The predicted octanol–water partition coefficient (Wildman–Crippen LogP) is 2.34. The molecule has 1 saturated heterocycles. The van der Waals surface area contributed by atoms with E-state index in [9.17, 15) is 14.7 Å². The standard InChI is InChI=1S/C14H16N2O3S2/c1-8(2)11(13(18)19)16-12(17)10(21-14(16)20)6-9-4-5-15(3)7-9/h4-8,11H,1-3H3,(H,18,19). The van der Waals surface area contributed by atoms with E-state index in [1.807, 2.05) is 30.1 Å². The number of carboxylic acid groups (broad SMARTS) is 1. The van der Waals surface area contributed by atoms with E-state index in [1.54, 1.807) is 19.9 Å². The van der Waals surface area contributed by atoms with Gasteiger partial charge in [-0.1, -0.05) is 37.8 Å². The smallest absolute Gasteiger partial charge is 0.327 e. The molecule has 112 valence electrons. The van der Waals surface area contributed by atoms with Crippen molar-refractivity contribution in [3.8, 4) is 0 Å². The van der Waals surface area contributed by atoms with Gasteiger partial charge in [-0.25, -0.2) is 4.79 Å². The van der Waals surface area contributed by atoms with Gasteiger partial charge < -0.3 is 9.67 Å². The minimum absolute atomic E-state index is 0.221. The zero-order chi connectivity index (χ0) is 15.7. The average Bonchev–Trinajstić information content (AvgIpc) is 2.88. The van der Waals surface area contributed by atoms with Crippen molar-refractivity contribution in [1.29, 1.82) is 0 Å². The molecular weight excluding hydrogens is 308 g/mol. The Morgan fingerprint density at radius 2 is 2.14 bits per heavy atom. The van der Waals surface area contributed by atoms with Gasteiger partial charge >= 0.3 is 5.97 Å². The van der Waals surface area contributed by atoms with Crippen LogP contribution in [0.25, 0.3) is 6.08 Å². The first-order valence-electron chi connectivity index (χ1n) is 6.43. The lowest BCUT2D eigenvalue weighted by Gasteiger charge is -2.26. The lowest BCUT2D eigenvalue weighted by atomic mass is 10.0. The summed E-state index contributed by atoms with van der Waals surface area (Å²) in [7, 11) is 1.89. The van der Waals surface area contributed by atoms with Crippen molar-refractivity contribution in [3.05, 3.63) is 28.9 Å². The normalized spacial score (nSPS) is 18.9. The highest BCUT2D eigenvalue weighted by Crippen LogP contribution is 2.35. The number of hydrogen-bond acceptors (Lipinski definition) is 4. The fraction of sp³-hybridized carbons (Fsp3) is 0.357. The highest BCUT2D eigenvalue weighted by Gasteiger charge is 2.41. The monoisotopic (exact) mass is 324 g/mol. The maximum absolute atomic E-state index is 12.5. The summed E-state index contributed by atoms with van der Waals surface area (Å²) in [4.78, 5) is 25.5. The van der Waals surface area contributed by atoms with E-state index in [0.29, 0.717) is 9.23 Å². The van der Waals surface area contributed by atoms with Crippen LogP contribution >= 0.6 is 24.0 Å². The summed E-state index contributed by atoms with van der Waals surface area (Å²) in [5.74, 6) is -1.60. The van der Waals surface area contributed by atoms with Crippen molar-refractivity contribution in [3.63, 3.8) is 0 Å². The van der Waals surface area contributed by atoms with Crippen LogP contribution in [0.5, 0.6) is 0 Å². The van der Waals surface area contributed by atoms with Gasteiger partial charge in [0, 0.05) is 19.4 Å². The third-order valence-corrected chi connectivity index (χ3v) is 4.47. The Hall–Kier alpha value is -1.60. The third-order valence-electron chi connectivity index (χ3n) is 3.14. The second-order valence-corrected chi connectivity index (χ2v) is 6.86. The number of thioether (sulfide) groups is 1. The summed E-state index contributed by atoms with van der Waals surface area (Å²) in [6.07, 6.45) is 5.49. The fourth-order valence-electron chi connectivity index (χ4n) is 2.17. The molecule has 21 heavy (non-hydrogen) atoms. The number of amides is 1. The maximum Gasteiger partial charge on any atom is 0.327 e. The molecule has 7 heteroatoms. The zero-order valence-corrected chi connectivity index (χ0v) is 13.6. The van der Waals surface area contributed by atoms with Crippen molar-refractivity contribution in [2.24, 2.45) is 13.0 Å². The number of aliphatic carboxylic acids is 1. The molecular formula is C14H16N2O3S2. The minimum Gasteiger partial charge on any atom is -0.480 e. The van der Waals surface area contributed by atoms with Crippen molar-refractivity contribution in [2.75, 3.05) is 0 Å². The molecule has 0 spiro atoms. The summed E-state index contributed by atoms with van der Waals surface area (Å²) in [6, 6.07) is 0.947. The van der Waals surface area contributed by atoms with Gasteiger partial charge in [-0.2, -0.15) is 0 Å². The van der Waals surface area contributed by atoms with Crippen molar-refractivity contribution in [2.45, 2.75) is 19.9 Å². The molecule has 1 N–H and O–H groups in total. The van der Waals surface area contributed by atoms with Crippen LogP contribution in [0.3, 0.4) is 0 Å². The number of thiocarbonyl (C=S) groups is 1. The largest absolute Gasteiger partial charge is 0.480 e. The lowest BCUT2D eigenvalue weighted by molar-refractivity contribution is -0.146. The van der Waals surface area contributed by atoms with Gasteiger partial charge in [0.25, 0.3) is 5.91 Å². The molecule has 1 aromatic heterocycles. The Balaban J connectivity index is 2.32. The van der Waals surface area contributed by atoms with Gasteiger partial charge in [-0.3, -0.25) is 9.69 Å². The summed E-state index contributed by atoms with van der Waals surface area (Å²) in [5.41, 5.74) is 0.884. The second-order valence-electron chi connectivity index (χ2n) is 5.19. The van der Waals surface area contributed by atoms with Gasteiger partial charge in [0.2, 0.25) is 0 Å². The Kier molecular flexibility index (Phi) is 4.53. The second kappa shape index (κ2) is 6.03. The van der Waals surface area contributed by atoms with Gasteiger partial charge in [0.15, 0.2) is 0 Å². The van der Waals surface area contributed by atoms with Gasteiger partial charge in [-0.05, 0) is 23.6 Å². The van der Waals surface area contributed by atoms with E-state index >= 15 is 0 Å². The number of carboxylic acids is 1. The van der Waals surface area contributed by atoms with Gasteiger partial charge in [-0.15, -0.1) is 0 Å². The Morgan fingerprint density at radius 3 is 2.62 bits per heavy atom. The molecule has 1 atom stereocenters. The summed E-state index contributed by atoms with van der Waals surface area (Å²) >= 11 is 6.33. The number of carbonyl (C=O) groups excluding carboxylic acids is 1. The molecule has 2 heterocycles. The van der Waals surface area contributed by atoms with E-state index in [-0.39, 0.29) is 11.8 Å². The van der Waals surface area contributed by atoms with Crippen molar-refractivity contribution < 1.29 is 14.7 Å². The molecule has 1 aliphatic rings. The number of hydrogen-bond donors (Lipinski definition) is 1. The van der Waals surface area contributed by atoms with Crippen LogP contribution in [-0.4, -0.2) is 36.8 Å². The fourth-order valence-corrected chi connectivity index (χ4v) is 3.50. The molecule has 0 bridgehead atoms. The molecule has 0 saturated carbocycles. The predicted molar refractivity (Wildman–Crippen MR) is 86.7 cm³/mol. The van der Waals surface area contributed by atoms with Crippen molar-refractivity contribution in [1.82, 2.24) is 9.47 Å². The van der Waals surface area contributed by atoms with E-state index in [0.717, 1.165) is 17.3 Å². The van der Waals surface area contributed by atoms with E-state index in [1.165, 1.54) is 4.90 Å². The van der Waals surface area contributed by atoms with Crippen molar-refractivity contribution >= 4 is 46.3 Å². The Labute approximate surface area is 132 Å². The minimum atomic E-state index is -1.04. The molecule has 0 aromatic carbocycles. The van der Waals surface area contributed by atoms with Crippen LogP contribution < -0.4 is 0 Å². The van der Waals surface area contributed by atoms with Crippen LogP contribution in [0.4, 0.5) is 0 Å². The highest BCUT2D eigenvalue weighted by atomic mass is 32.2.